The molecule has 0 atom stereocenters. The van der Waals surface area contributed by atoms with Crippen molar-refractivity contribution in [2.75, 3.05) is 20.8 Å². The highest BCUT2D eigenvalue weighted by Gasteiger charge is 2.11. The number of terminal acetylenes is 1. The maximum Gasteiger partial charge on any atom is 0.181 e. The molecule has 86 valence electrons. The lowest BCUT2D eigenvalue weighted by molar-refractivity contribution is 0.331. The Morgan fingerprint density at radius 1 is 1.50 bits per heavy atom. The Balaban J connectivity index is 3.03. The van der Waals surface area contributed by atoms with E-state index >= 15 is 0 Å². The fourth-order valence-corrected chi connectivity index (χ4v) is 1.62. The van der Waals surface area contributed by atoms with Crippen molar-refractivity contribution in [3.8, 4) is 23.8 Å². The Morgan fingerprint density at radius 3 is 2.81 bits per heavy atom. The predicted octanol–water partition coefficient (Wildman–Crippen LogP) is 2.08. The summed E-state index contributed by atoms with van der Waals surface area (Å²) in [6.45, 7) is 0.882. The maximum atomic E-state index is 6.08. The van der Waals surface area contributed by atoms with Crippen LogP contribution in [0.25, 0.3) is 0 Å². The summed E-state index contributed by atoms with van der Waals surface area (Å²) in [6.07, 6.45) is 5.13. The molecule has 1 N–H and O–H groups in total. The van der Waals surface area contributed by atoms with Crippen molar-refractivity contribution in [3.05, 3.63) is 22.7 Å². The molecule has 1 rings (SSSR count). The smallest absolute Gasteiger partial charge is 0.181 e. The van der Waals surface area contributed by atoms with Gasteiger partial charge in [0, 0.05) is 6.54 Å². The van der Waals surface area contributed by atoms with Gasteiger partial charge in [0.1, 0.15) is 6.61 Å². The van der Waals surface area contributed by atoms with Gasteiger partial charge in [0.05, 0.1) is 12.1 Å². The van der Waals surface area contributed by atoms with E-state index in [1.165, 1.54) is 0 Å². The minimum atomic E-state index is 0.168. The van der Waals surface area contributed by atoms with Crippen molar-refractivity contribution in [2.24, 2.45) is 0 Å². The zero-order chi connectivity index (χ0) is 12.0. The van der Waals surface area contributed by atoms with E-state index in [0.29, 0.717) is 23.1 Å². The van der Waals surface area contributed by atoms with Crippen LogP contribution in [-0.2, 0) is 6.54 Å². The Morgan fingerprint density at radius 2 is 2.25 bits per heavy atom. The molecule has 0 amide bonds. The molecular formula is C12H14ClNO2. The number of methoxy groups -OCH3 is 1. The lowest BCUT2D eigenvalue weighted by Crippen LogP contribution is -2.06. The largest absolute Gasteiger partial charge is 0.493 e. The van der Waals surface area contributed by atoms with E-state index in [0.717, 1.165) is 5.56 Å². The quantitative estimate of drug-likeness (QED) is 0.799. The van der Waals surface area contributed by atoms with Crippen molar-refractivity contribution in [2.45, 2.75) is 6.54 Å². The Kier molecular flexibility index (Phi) is 4.97. The molecule has 4 heteroatoms. The van der Waals surface area contributed by atoms with Gasteiger partial charge < -0.3 is 14.8 Å². The van der Waals surface area contributed by atoms with Crippen LogP contribution in [0.1, 0.15) is 5.56 Å². The molecule has 0 aliphatic rings. The van der Waals surface area contributed by atoms with E-state index in [1.54, 1.807) is 7.11 Å². The van der Waals surface area contributed by atoms with Crippen LogP contribution in [-0.4, -0.2) is 20.8 Å². The molecule has 0 radical (unpaired) electrons. The summed E-state index contributed by atoms with van der Waals surface area (Å²) in [6, 6.07) is 3.70. The molecule has 0 spiro atoms. The first-order valence-corrected chi connectivity index (χ1v) is 5.18. The van der Waals surface area contributed by atoms with E-state index in [4.69, 9.17) is 27.5 Å². The van der Waals surface area contributed by atoms with Crippen LogP contribution in [0, 0.1) is 12.3 Å². The van der Waals surface area contributed by atoms with Crippen LogP contribution in [0.15, 0.2) is 12.1 Å². The van der Waals surface area contributed by atoms with Gasteiger partial charge in [-0.3, -0.25) is 0 Å². The zero-order valence-corrected chi connectivity index (χ0v) is 10.1. The summed E-state index contributed by atoms with van der Waals surface area (Å²) in [5.41, 5.74) is 1.03. The first-order chi connectivity index (χ1) is 7.72. The van der Waals surface area contributed by atoms with E-state index in [1.807, 2.05) is 19.2 Å². The fourth-order valence-electron chi connectivity index (χ4n) is 1.33. The highest BCUT2D eigenvalue weighted by Crippen LogP contribution is 2.36. The Bertz CT molecular complexity index is 399. The van der Waals surface area contributed by atoms with Crippen molar-refractivity contribution in [3.63, 3.8) is 0 Å². The van der Waals surface area contributed by atoms with Gasteiger partial charge in [-0.05, 0) is 24.7 Å². The minimum absolute atomic E-state index is 0.168. The molecule has 0 bridgehead atoms. The minimum Gasteiger partial charge on any atom is -0.493 e. The topological polar surface area (TPSA) is 30.5 Å². The van der Waals surface area contributed by atoms with Crippen LogP contribution >= 0.6 is 11.6 Å². The standard InChI is InChI=1S/C12H14ClNO2/c1-4-5-16-12-10(13)6-9(8-14-2)7-11(12)15-3/h1,6-7,14H,5,8H2,2-3H3. The van der Waals surface area contributed by atoms with E-state index in [9.17, 15) is 0 Å². The first kappa shape index (κ1) is 12.7. The van der Waals surface area contributed by atoms with Crippen LogP contribution < -0.4 is 14.8 Å². The Labute approximate surface area is 101 Å². The third kappa shape index (κ3) is 3.06. The molecule has 3 nitrogen and oxygen atoms in total. The maximum absolute atomic E-state index is 6.08. The molecule has 0 unspecified atom stereocenters. The SMILES string of the molecule is C#CCOc1c(Cl)cc(CNC)cc1OC. The average molecular weight is 240 g/mol. The van der Waals surface area contributed by atoms with Gasteiger partial charge in [-0.1, -0.05) is 17.5 Å². The van der Waals surface area contributed by atoms with Gasteiger partial charge in [-0.25, -0.2) is 0 Å². The zero-order valence-electron chi connectivity index (χ0n) is 9.34. The van der Waals surface area contributed by atoms with E-state index < -0.39 is 0 Å². The molecule has 0 aliphatic carbocycles. The predicted molar refractivity (Wildman–Crippen MR) is 65.1 cm³/mol. The fraction of sp³-hybridized carbons (Fsp3) is 0.333. The average Bonchev–Trinajstić information content (AvgIpc) is 2.27. The third-order valence-electron chi connectivity index (χ3n) is 1.97. The highest BCUT2D eigenvalue weighted by molar-refractivity contribution is 6.32. The lowest BCUT2D eigenvalue weighted by Gasteiger charge is -2.12. The van der Waals surface area contributed by atoms with Crippen LogP contribution in [0.2, 0.25) is 5.02 Å². The van der Waals surface area contributed by atoms with Crippen LogP contribution in [0.4, 0.5) is 0 Å². The monoisotopic (exact) mass is 239 g/mol. The second-order valence-corrected chi connectivity index (χ2v) is 3.54. The normalized spacial score (nSPS) is 9.62. The van der Waals surface area contributed by atoms with Gasteiger partial charge in [0.15, 0.2) is 11.5 Å². The summed E-state index contributed by atoms with van der Waals surface area (Å²) in [5, 5.41) is 3.54. The van der Waals surface area contributed by atoms with Crippen LogP contribution in [0.5, 0.6) is 11.5 Å². The molecule has 16 heavy (non-hydrogen) atoms. The van der Waals surface area contributed by atoms with Crippen molar-refractivity contribution in [1.82, 2.24) is 5.32 Å². The molecule has 0 aromatic heterocycles. The molecule has 0 heterocycles. The van der Waals surface area contributed by atoms with Gasteiger partial charge in [0.2, 0.25) is 0 Å². The van der Waals surface area contributed by atoms with Crippen molar-refractivity contribution in [1.29, 1.82) is 0 Å². The van der Waals surface area contributed by atoms with E-state index in [-0.39, 0.29) is 6.61 Å². The second kappa shape index (κ2) is 6.26. The van der Waals surface area contributed by atoms with Gasteiger partial charge in [0.25, 0.3) is 0 Å². The molecule has 1 aromatic rings. The number of hydrogen-bond acceptors (Lipinski definition) is 3. The highest BCUT2D eigenvalue weighted by atomic mass is 35.5. The first-order valence-electron chi connectivity index (χ1n) is 4.80. The number of halogens is 1. The van der Waals surface area contributed by atoms with Gasteiger partial charge >= 0.3 is 0 Å². The number of ether oxygens (including phenoxy) is 2. The molecule has 1 aromatic carbocycles. The second-order valence-electron chi connectivity index (χ2n) is 3.13. The number of rotatable bonds is 5. The molecule has 0 fully saturated rings. The lowest BCUT2D eigenvalue weighted by atomic mass is 10.2. The summed E-state index contributed by atoms with van der Waals surface area (Å²) in [4.78, 5) is 0. The molecule has 0 aliphatic heterocycles. The summed E-state index contributed by atoms with van der Waals surface area (Å²) in [7, 11) is 3.43. The summed E-state index contributed by atoms with van der Waals surface area (Å²) >= 11 is 6.08. The summed E-state index contributed by atoms with van der Waals surface area (Å²) in [5.74, 6) is 3.46. The molecule has 0 saturated carbocycles. The molecular weight excluding hydrogens is 226 g/mol. The third-order valence-corrected chi connectivity index (χ3v) is 2.25. The van der Waals surface area contributed by atoms with Crippen LogP contribution in [0.3, 0.4) is 0 Å². The number of hydrogen-bond donors (Lipinski definition) is 1. The number of benzene rings is 1. The van der Waals surface area contributed by atoms with Crippen molar-refractivity contribution >= 4 is 11.6 Å². The van der Waals surface area contributed by atoms with Gasteiger partial charge in [-0.2, -0.15) is 0 Å². The number of nitrogens with one attached hydrogen (secondary N) is 1. The summed E-state index contributed by atoms with van der Waals surface area (Å²) < 4.78 is 10.5. The Hall–Kier alpha value is -1.37. The van der Waals surface area contributed by atoms with Gasteiger partial charge in [-0.15, -0.1) is 6.42 Å². The van der Waals surface area contributed by atoms with Crippen molar-refractivity contribution < 1.29 is 9.47 Å². The molecule has 0 saturated heterocycles. The van der Waals surface area contributed by atoms with E-state index in [2.05, 4.69) is 11.2 Å².